The number of benzene rings is 3. The Kier molecular flexibility index (Phi) is 5.06. The molecule has 0 aliphatic heterocycles. The van der Waals surface area contributed by atoms with Gasteiger partial charge >= 0.3 is 5.97 Å². The van der Waals surface area contributed by atoms with Crippen molar-refractivity contribution >= 4 is 16.9 Å². The fourth-order valence-corrected chi connectivity index (χ4v) is 3.05. The number of fused-ring (bicyclic) bond motifs is 1. The Morgan fingerprint density at radius 2 is 1.79 bits per heavy atom. The smallest absolute Gasteiger partial charge is 0.337 e. The van der Waals surface area contributed by atoms with Gasteiger partial charge in [-0.2, -0.15) is 5.10 Å². The quantitative estimate of drug-likeness (QED) is 0.469. The van der Waals surface area contributed by atoms with Gasteiger partial charge in [-0.3, -0.25) is 4.68 Å². The number of rotatable bonds is 6. The minimum Gasteiger partial charge on any atom is -0.489 e. The van der Waals surface area contributed by atoms with Crippen molar-refractivity contribution in [3.8, 4) is 5.75 Å². The van der Waals surface area contributed by atoms with Crippen LogP contribution in [0.5, 0.6) is 5.75 Å². The van der Waals surface area contributed by atoms with E-state index in [1.165, 1.54) is 7.11 Å². The zero-order chi connectivity index (χ0) is 19.3. The summed E-state index contributed by atoms with van der Waals surface area (Å²) in [7, 11) is 1.37. The van der Waals surface area contributed by atoms with E-state index in [4.69, 9.17) is 9.47 Å². The van der Waals surface area contributed by atoms with E-state index in [0.29, 0.717) is 18.7 Å². The van der Waals surface area contributed by atoms with Crippen molar-refractivity contribution in [1.82, 2.24) is 9.78 Å². The normalized spacial score (nSPS) is 10.8. The van der Waals surface area contributed by atoms with Crippen LogP contribution in [0.4, 0.5) is 0 Å². The first-order valence-electron chi connectivity index (χ1n) is 9.02. The van der Waals surface area contributed by atoms with E-state index < -0.39 is 0 Å². The number of hydrogen-bond acceptors (Lipinski definition) is 4. The molecule has 0 bridgehead atoms. The highest BCUT2D eigenvalue weighted by Gasteiger charge is 2.09. The summed E-state index contributed by atoms with van der Waals surface area (Å²) >= 11 is 0. The molecule has 0 N–H and O–H groups in total. The third kappa shape index (κ3) is 4.04. The highest BCUT2D eigenvalue weighted by molar-refractivity contribution is 5.94. The van der Waals surface area contributed by atoms with Crippen LogP contribution in [0.25, 0.3) is 10.9 Å². The molecule has 0 aliphatic rings. The standard InChI is InChI=1S/C23H20N2O3/c1-27-23(26)19-10-11-20-15-25(24-22(20)13-19)14-18-8-5-9-21(12-18)28-16-17-6-3-2-4-7-17/h2-13,15H,14,16H2,1H3. The molecule has 140 valence electrons. The van der Waals surface area contributed by atoms with E-state index in [0.717, 1.165) is 27.8 Å². The van der Waals surface area contributed by atoms with E-state index in [2.05, 4.69) is 5.10 Å². The second kappa shape index (κ2) is 7.96. The summed E-state index contributed by atoms with van der Waals surface area (Å²) < 4.78 is 12.5. The maximum absolute atomic E-state index is 11.7. The minimum absolute atomic E-state index is 0.361. The number of hydrogen-bond donors (Lipinski definition) is 0. The van der Waals surface area contributed by atoms with Crippen LogP contribution in [0, 0.1) is 0 Å². The fraction of sp³-hybridized carbons (Fsp3) is 0.130. The first-order chi connectivity index (χ1) is 13.7. The average molecular weight is 372 g/mol. The van der Waals surface area contributed by atoms with E-state index >= 15 is 0 Å². The van der Waals surface area contributed by atoms with Gasteiger partial charge < -0.3 is 9.47 Å². The number of ether oxygens (including phenoxy) is 2. The van der Waals surface area contributed by atoms with Gasteiger partial charge in [0.05, 0.1) is 24.7 Å². The predicted octanol–water partition coefficient (Wildman–Crippen LogP) is 4.45. The van der Waals surface area contributed by atoms with Gasteiger partial charge in [0, 0.05) is 11.6 Å². The van der Waals surface area contributed by atoms with Gasteiger partial charge in [0.2, 0.25) is 0 Å². The molecular formula is C23H20N2O3. The van der Waals surface area contributed by atoms with Gasteiger partial charge in [-0.05, 0) is 35.4 Å². The Bertz CT molecular complexity index is 1100. The highest BCUT2D eigenvalue weighted by Crippen LogP contribution is 2.19. The number of carbonyl (C=O) groups is 1. The van der Waals surface area contributed by atoms with Crippen LogP contribution >= 0.6 is 0 Å². The van der Waals surface area contributed by atoms with Crippen molar-refractivity contribution in [2.45, 2.75) is 13.2 Å². The van der Waals surface area contributed by atoms with Crippen LogP contribution < -0.4 is 4.74 Å². The van der Waals surface area contributed by atoms with Crippen LogP contribution in [0.3, 0.4) is 0 Å². The van der Waals surface area contributed by atoms with Crippen molar-refractivity contribution in [3.05, 3.63) is 95.7 Å². The van der Waals surface area contributed by atoms with Crippen molar-refractivity contribution in [1.29, 1.82) is 0 Å². The van der Waals surface area contributed by atoms with Crippen LogP contribution in [-0.2, 0) is 17.9 Å². The number of methoxy groups -OCH3 is 1. The zero-order valence-electron chi connectivity index (χ0n) is 15.5. The van der Waals surface area contributed by atoms with Gasteiger partial charge in [0.25, 0.3) is 0 Å². The molecule has 0 atom stereocenters. The van der Waals surface area contributed by atoms with Crippen molar-refractivity contribution in [2.75, 3.05) is 7.11 Å². The van der Waals surface area contributed by atoms with E-state index in [1.807, 2.05) is 71.5 Å². The molecule has 0 spiro atoms. The molecule has 0 saturated heterocycles. The Labute approximate surface area is 163 Å². The molecule has 3 aromatic carbocycles. The maximum atomic E-state index is 11.7. The summed E-state index contributed by atoms with van der Waals surface area (Å²) in [5.74, 6) is 0.464. The Morgan fingerprint density at radius 3 is 2.61 bits per heavy atom. The molecule has 1 aromatic heterocycles. The topological polar surface area (TPSA) is 53.4 Å². The molecule has 28 heavy (non-hydrogen) atoms. The first kappa shape index (κ1) is 17.8. The summed E-state index contributed by atoms with van der Waals surface area (Å²) in [4.78, 5) is 11.7. The lowest BCUT2D eigenvalue weighted by Crippen LogP contribution is -2.01. The summed E-state index contributed by atoms with van der Waals surface area (Å²) in [6, 6.07) is 23.5. The van der Waals surface area contributed by atoms with E-state index in [-0.39, 0.29) is 5.97 Å². The number of aromatic nitrogens is 2. The second-order valence-electron chi connectivity index (χ2n) is 6.51. The van der Waals surface area contributed by atoms with Crippen molar-refractivity contribution < 1.29 is 14.3 Å². The average Bonchev–Trinajstić information content (AvgIpc) is 3.14. The largest absolute Gasteiger partial charge is 0.489 e. The summed E-state index contributed by atoms with van der Waals surface area (Å²) in [6.07, 6.45) is 1.97. The Morgan fingerprint density at radius 1 is 0.964 bits per heavy atom. The van der Waals surface area contributed by atoms with Gasteiger partial charge in [-0.25, -0.2) is 4.79 Å². The van der Waals surface area contributed by atoms with Gasteiger partial charge in [-0.15, -0.1) is 0 Å². The molecule has 5 heteroatoms. The minimum atomic E-state index is -0.361. The van der Waals surface area contributed by atoms with Crippen LogP contribution in [-0.4, -0.2) is 22.9 Å². The van der Waals surface area contributed by atoms with Crippen LogP contribution in [0.1, 0.15) is 21.5 Å². The number of carbonyl (C=O) groups excluding carboxylic acids is 1. The van der Waals surface area contributed by atoms with Crippen molar-refractivity contribution in [3.63, 3.8) is 0 Å². The summed E-state index contributed by atoms with van der Waals surface area (Å²) in [5.41, 5.74) is 3.48. The molecule has 0 unspecified atom stereocenters. The third-order valence-electron chi connectivity index (χ3n) is 4.47. The first-order valence-corrected chi connectivity index (χ1v) is 9.02. The molecule has 0 fully saturated rings. The molecule has 0 saturated carbocycles. The lowest BCUT2D eigenvalue weighted by atomic mass is 10.2. The molecular weight excluding hydrogens is 352 g/mol. The zero-order valence-corrected chi connectivity index (χ0v) is 15.5. The molecule has 4 aromatic rings. The lowest BCUT2D eigenvalue weighted by Gasteiger charge is -2.08. The lowest BCUT2D eigenvalue weighted by molar-refractivity contribution is 0.0601. The molecule has 0 amide bonds. The van der Waals surface area contributed by atoms with Gasteiger partial charge in [-0.1, -0.05) is 48.5 Å². The van der Waals surface area contributed by atoms with Crippen LogP contribution in [0.2, 0.25) is 0 Å². The van der Waals surface area contributed by atoms with E-state index in [9.17, 15) is 4.79 Å². The second-order valence-corrected chi connectivity index (χ2v) is 6.51. The predicted molar refractivity (Wildman–Crippen MR) is 107 cm³/mol. The monoisotopic (exact) mass is 372 g/mol. The Hall–Kier alpha value is -3.60. The molecule has 5 nitrogen and oxygen atoms in total. The van der Waals surface area contributed by atoms with Gasteiger partial charge in [0.1, 0.15) is 12.4 Å². The molecule has 4 rings (SSSR count). The van der Waals surface area contributed by atoms with E-state index in [1.54, 1.807) is 12.1 Å². The summed E-state index contributed by atoms with van der Waals surface area (Å²) in [5, 5.41) is 5.55. The number of nitrogens with zero attached hydrogens (tertiary/aromatic N) is 2. The van der Waals surface area contributed by atoms with Crippen molar-refractivity contribution in [2.24, 2.45) is 0 Å². The van der Waals surface area contributed by atoms with Crippen LogP contribution in [0.15, 0.2) is 79.0 Å². The number of esters is 1. The maximum Gasteiger partial charge on any atom is 0.337 e. The SMILES string of the molecule is COC(=O)c1ccc2cn(Cc3cccc(OCc4ccccc4)c3)nc2c1. The summed E-state index contributed by atoms with van der Waals surface area (Å²) in [6.45, 7) is 1.15. The fourth-order valence-electron chi connectivity index (χ4n) is 3.05. The van der Waals surface area contributed by atoms with Gasteiger partial charge in [0.15, 0.2) is 0 Å². The molecule has 0 aliphatic carbocycles. The highest BCUT2D eigenvalue weighted by atomic mass is 16.5. The Balaban J connectivity index is 1.48. The molecule has 1 heterocycles. The third-order valence-corrected chi connectivity index (χ3v) is 4.47. The molecule has 0 radical (unpaired) electrons.